The Kier molecular flexibility index (Phi) is 4.56. The van der Waals surface area contributed by atoms with Crippen molar-refractivity contribution in [1.82, 2.24) is 9.78 Å². The van der Waals surface area contributed by atoms with Crippen LogP contribution in [0.15, 0.2) is 24.3 Å². The van der Waals surface area contributed by atoms with Crippen molar-refractivity contribution in [3.63, 3.8) is 0 Å². The zero-order valence-electron chi connectivity index (χ0n) is 13.6. The lowest BCUT2D eigenvalue weighted by atomic mass is 9.98. The fraction of sp³-hybridized carbons (Fsp3) is 0.471. The zero-order valence-corrected chi connectivity index (χ0v) is 13.6. The first-order valence-electron chi connectivity index (χ1n) is 7.54. The molecule has 114 valence electrons. The molecule has 2 aromatic rings. The maximum atomic E-state index is 6.20. The van der Waals surface area contributed by atoms with Crippen molar-refractivity contribution in [3.8, 4) is 11.6 Å². The lowest BCUT2D eigenvalue weighted by Crippen LogP contribution is -2.01. The SMILES string of the molecule is CCC(C)c1ccccc1Oc1c(N)c(C(C)C)nn1C. The second kappa shape index (κ2) is 6.20. The molecule has 4 heteroatoms. The molecular formula is C17H25N3O. The van der Waals surface area contributed by atoms with Crippen LogP contribution in [0.2, 0.25) is 0 Å². The molecular weight excluding hydrogens is 262 g/mol. The maximum Gasteiger partial charge on any atom is 0.241 e. The Morgan fingerprint density at radius 1 is 1.24 bits per heavy atom. The van der Waals surface area contributed by atoms with Gasteiger partial charge in [-0.05, 0) is 29.9 Å². The summed E-state index contributed by atoms with van der Waals surface area (Å²) < 4.78 is 7.82. The van der Waals surface area contributed by atoms with E-state index in [-0.39, 0.29) is 5.92 Å². The molecule has 0 aliphatic rings. The zero-order chi connectivity index (χ0) is 15.6. The molecule has 0 spiro atoms. The molecule has 2 rings (SSSR count). The van der Waals surface area contributed by atoms with E-state index in [1.165, 1.54) is 5.56 Å². The van der Waals surface area contributed by atoms with Crippen LogP contribution in [-0.2, 0) is 7.05 Å². The first-order valence-corrected chi connectivity index (χ1v) is 7.54. The van der Waals surface area contributed by atoms with E-state index >= 15 is 0 Å². The minimum atomic E-state index is 0.276. The van der Waals surface area contributed by atoms with E-state index in [9.17, 15) is 0 Å². The van der Waals surface area contributed by atoms with Crippen LogP contribution in [0.25, 0.3) is 0 Å². The molecule has 0 aliphatic heterocycles. The number of ether oxygens (including phenoxy) is 1. The van der Waals surface area contributed by atoms with Crippen molar-refractivity contribution in [2.75, 3.05) is 5.73 Å². The van der Waals surface area contributed by atoms with Crippen LogP contribution >= 0.6 is 0 Å². The van der Waals surface area contributed by atoms with Gasteiger partial charge in [0, 0.05) is 7.05 Å². The molecule has 1 heterocycles. The first-order chi connectivity index (χ1) is 9.95. The Morgan fingerprint density at radius 3 is 2.48 bits per heavy atom. The first kappa shape index (κ1) is 15.4. The van der Waals surface area contributed by atoms with Gasteiger partial charge in [0.15, 0.2) is 0 Å². The van der Waals surface area contributed by atoms with E-state index < -0.39 is 0 Å². The molecule has 0 amide bonds. The average Bonchev–Trinajstić information content (AvgIpc) is 2.75. The molecule has 0 fully saturated rings. The van der Waals surface area contributed by atoms with Gasteiger partial charge in [0.25, 0.3) is 0 Å². The molecule has 4 nitrogen and oxygen atoms in total. The Hall–Kier alpha value is -1.97. The van der Waals surface area contributed by atoms with Crippen LogP contribution < -0.4 is 10.5 Å². The van der Waals surface area contributed by atoms with Crippen molar-refractivity contribution in [3.05, 3.63) is 35.5 Å². The van der Waals surface area contributed by atoms with Crippen LogP contribution in [0.4, 0.5) is 5.69 Å². The Bertz CT molecular complexity index is 616. The van der Waals surface area contributed by atoms with Gasteiger partial charge < -0.3 is 10.5 Å². The van der Waals surface area contributed by atoms with E-state index in [0.717, 1.165) is 17.9 Å². The van der Waals surface area contributed by atoms with Crippen molar-refractivity contribution in [1.29, 1.82) is 0 Å². The lowest BCUT2D eigenvalue weighted by Gasteiger charge is -2.15. The summed E-state index contributed by atoms with van der Waals surface area (Å²) in [6, 6.07) is 8.13. The van der Waals surface area contributed by atoms with Crippen molar-refractivity contribution in [2.24, 2.45) is 7.05 Å². The fourth-order valence-electron chi connectivity index (χ4n) is 2.40. The van der Waals surface area contributed by atoms with Crippen LogP contribution in [0, 0.1) is 0 Å². The highest BCUT2D eigenvalue weighted by molar-refractivity contribution is 5.56. The number of hydrogen-bond donors (Lipinski definition) is 1. The number of benzene rings is 1. The molecule has 1 aromatic heterocycles. The number of para-hydroxylation sites is 1. The molecule has 21 heavy (non-hydrogen) atoms. The van der Waals surface area contributed by atoms with Crippen LogP contribution in [0.1, 0.15) is 57.2 Å². The number of aryl methyl sites for hydroxylation is 1. The van der Waals surface area contributed by atoms with Gasteiger partial charge in [-0.2, -0.15) is 5.10 Å². The summed E-state index contributed by atoms with van der Waals surface area (Å²) in [5.74, 6) is 2.20. The van der Waals surface area contributed by atoms with E-state index in [1.807, 2.05) is 25.2 Å². The number of nitrogens with zero attached hydrogens (tertiary/aromatic N) is 2. The molecule has 0 aliphatic carbocycles. The Morgan fingerprint density at radius 2 is 1.90 bits per heavy atom. The third-order valence-electron chi connectivity index (χ3n) is 3.87. The quantitative estimate of drug-likeness (QED) is 0.885. The van der Waals surface area contributed by atoms with Gasteiger partial charge in [0.05, 0.1) is 5.69 Å². The van der Waals surface area contributed by atoms with Gasteiger partial charge in [0.2, 0.25) is 5.88 Å². The van der Waals surface area contributed by atoms with Crippen molar-refractivity contribution >= 4 is 5.69 Å². The predicted octanol–water partition coefficient (Wildman–Crippen LogP) is 4.43. The molecule has 0 saturated carbocycles. The summed E-state index contributed by atoms with van der Waals surface area (Å²) >= 11 is 0. The molecule has 1 aromatic carbocycles. The number of nitrogen functional groups attached to an aromatic ring is 1. The lowest BCUT2D eigenvalue weighted by molar-refractivity contribution is 0.424. The molecule has 1 unspecified atom stereocenters. The molecule has 0 bridgehead atoms. The Labute approximate surface area is 126 Å². The Balaban J connectivity index is 2.40. The number of rotatable bonds is 5. The van der Waals surface area contributed by atoms with Crippen LogP contribution in [0.5, 0.6) is 11.6 Å². The summed E-state index contributed by atoms with van der Waals surface area (Å²) in [5.41, 5.74) is 8.92. The second-order valence-electron chi connectivity index (χ2n) is 5.83. The van der Waals surface area contributed by atoms with Gasteiger partial charge in [0.1, 0.15) is 11.4 Å². The van der Waals surface area contributed by atoms with E-state index in [4.69, 9.17) is 10.5 Å². The van der Waals surface area contributed by atoms with E-state index in [1.54, 1.807) is 4.68 Å². The largest absolute Gasteiger partial charge is 0.437 e. The normalized spacial score (nSPS) is 12.7. The fourth-order valence-corrected chi connectivity index (χ4v) is 2.40. The topological polar surface area (TPSA) is 53.1 Å². The number of hydrogen-bond acceptors (Lipinski definition) is 3. The summed E-state index contributed by atoms with van der Waals surface area (Å²) in [5, 5.41) is 4.47. The minimum Gasteiger partial charge on any atom is -0.437 e. The standard InChI is InChI=1S/C17H25N3O/c1-6-12(4)13-9-7-8-10-14(13)21-17-15(18)16(11(2)3)19-20(17)5/h7-12H,6,18H2,1-5H3. The van der Waals surface area contributed by atoms with Crippen LogP contribution in [-0.4, -0.2) is 9.78 Å². The van der Waals surface area contributed by atoms with Gasteiger partial charge in [-0.3, -0.25) is 0 Å². The monoisotopic (exact) mass is 287 g/mol. The van der Waals surface area contributed by atoms with Gasteiger partial charge in [-0.25, -0.2) is 4.68 Å². The highest BCUT2D eigenvalue weighted by Gasteiger charge is 2.19. The van der Waals surface area contributed by atoms with Crippen molar-refractivity contribution in [2.45, 2.75) is 46.0 Å². The number of aromatic nitrogens is 2. The van der Waals surface area contributed by atoms with Gasteiger partial charge >= 0.3 is 0 Å². The van der Waals surface area contributed by atoms with Gasteiger partial charge in [-0.15, -0.1) is 0 Å². The molecule has 2 N–H and O–H groups in total. The maximum absolute atomic E-state index is 6.20. The summed E-state index contributed by atoms with van der Waals surface area (Å²) in [7, 11) is 1.86. The highest BCUT2D eigenvalue weighted by Crippen LogP contribution is 2.36. The predicted molar refractivity (Wildman–Crippen MR) is 86.9 cm³/mol. The molecule has 1 atom stereocenters. The van der Waals surface area contributed by atoms with E-state index in [2.05, 4.69) is 38.9 Å². The molecule has 0 radical (unpaired) electrons. The smallest absolute Gasteiger partial charge is 0.241 e. The van der Waals surface area contributed by atoms with E-state index in [0.29, 0.717) is 17.5 Å². The summed E-state index contributed by atoms with van der Waals surface area (Å²) in [6.07, 6.45) is 1.07. The minimum absolute atomic E-state index is 0.276. The number of nitrogens with two attached hydrogens (primary N) is 1. The van der Waals surface area contributed by atoms with Crippen LogP contribution in [0.3, 0.4) is 0 Å². The molecule has 0 saturated heterocycles. The summed E-state index contributed by atoms with van der Waals surface area (Å²) in [6.45, 7) is 8.54. The second-order valence-corrected chi connectivity index (χ2v) is 5.83. The highest BCUT2D eigenvalue weighted by atomic mass is 16.5. The van der Waals surface area contributed by atoms with Gasteiger partial charge in [-0.1, -0.05) is 45.9 Å². The average molecular weight is 287 g/mol. The third-order valence-corrected chi connectivity index (χ3v) is 3.87. The number of anilines is 1. The third kappa shape index (κ3) is 3.04. The summed E-state index contributed by atoms with van der Waals surface area (Å²) in [4.78, 5) is 0. The van der Waals surface area contributed by atoms with Crippen molar-refractivity contribution < 1.29 is 4.74 Å².